The average molecular weight is 372 g/mol. The van der Waals surface area contributed by atoms with Gasteiger partial charge < -0.3 is 15.4 Å². The number of benzene rings is 1. The quantitative estimate of drug-likeness (QED) is 0.722. The number of halogens is 2. The van der Waals surface area contributed by atoms with Crippen LogP contribution < -0.4 is 15.4 Å². The van der Waals surface area contributed by atoms with Crippen LogP contribution in [0, 0.1) is 6.92 Å². The number of hydrogen-bond donors (Lipinski definition) is 2. The average Bonchev–Trinajstić information content (AvgIpc) is 2.52. The number of hydrogen-bond acceptors (Lipinski definition) is 4. The van der Waals surface area contributed by atoms with E-state index in [0.717, 1.165) is 18.7 Å². The first kappa shape index (κ1) is 22.2. The number of aromatic nitrogens is 1. The number of carbonyl (C=O) groups is 1. The third-order valence-electron chi connectivity index (χ3n) is 3.09. The summed E-state index contributed by atoms with van der Waals surface area (Å²) in [5, 5.41) is 5.83. The highest BCUT2D eigenvalue weighted by Gasteiger charge is 2.03. The fourth-order valence-corrected chi connectivity index (χ4v) is 1.89. The number of pyridine rings is 1. The molecule has 0 bridgehead atoms. The summed E-state index contributed by atoms with van der Waals surface area (Å²) in [5.41, 5.74) is 1.85. The number of nitrogens with zero attached hydrogens (tertiary/aromatic N) is 1. The molecule has 0 atom stereocenters. The molecule has 0 fully saturated rings. The van der Waals surface area contributed by atoms with Crippen LogP contribution in [0.1, 0.15) is 18.4 Å². The van der Waals surface area contributed by atoms with Crippen LogP contribution in [0.4, 0.5) is 5.69 Å². The van der Waals surface area contributed by atoms with Gasteiger partial charge in [-0.1, -0.05) is 17.7 Å². The molecule has 0 radical (unpaired) electrons. The zero-order valence-corrected chi connectivity index (χ0v) is 15.4. The minimum absolute atomic E-state index is 0. The van der Waals surface area contributed by atoms with Gasteiger partial charge in [0.2, 0.25) is 11.8 Å². The number of aryl methyl sites for hydroxylation is 1. The Balaban J connectivity index is 0.00000264. The van der Waals surface area contributed by atoms with E-state index >= 15 is 0 Å². The SMILES string of the molecule is CNCCCC(=O)Nc1ccc(Oc2ccc(C)cc2)nc1.Cl.Cl. The second kappa shape index (κ2) is 11.7. The molecule has 0 aliphatic heterocycles. The van der Waals surface area contributed by atoms with E-state index in [4.69, 9.17) is 4.74 Å². The zero-order valence-electron chi connectivity index (χ0n) is 13.7. The maximum atomic E-state index is 11.7. The standard InChI is InChI=1S/C17H21N3O2.2ClH/c1-13-5-8-15(9-6-13)22-17-10-7-14(12-19-17)20-16(21)4-3-11-18-2;;/h5-10,12,18H,3-4,11H2,1-2H3,(H,20,21);2*1H. The van der Waals surface area contributed by atoms with Gasteiger partial charge in [0.05, 0.1) is 11.9 Å². The molecule has 24 heavy (non-hydrogen) atoms. The molecule has 7 heteroatoms. The first-order chi connectivity index (χ1) is 10.7. The largest absolute Gasteiger partial charge is 0.439 e. The topological polar surface area (TPSA) is 63.2 Å². The molecule has 0 spiro atoms. The van der Waals surface area contributed by atoms with E-state index in [-0.39, 0.29) is 30.7 Å². The lowest BCUT2D eigenvalue weighted by molar-refractivity contribution is -0.116. The van der Waals surface area contributed by atoms with Crippen LogP contribution in [0.2, 0.25) is 0 Å². The number of rotatable bonds is 7. The van der Waals surface area contributed by atoms with Gasteiger partial charge in [0.1, 0.15) is 5.75 Å². The van der Waals surface area contributed by atoms with Gasteiger partial charge in [0.15, 0.2) is 0 Å². The fourth-order valence-electron chi connectivity index (χ4n) is 1.89. The van der Waals surface area contributed by atoms with Crippen molar-refractivity contribution in [2.24, 2.45) is 0 Å². The summed E-state index contributed by atoms with van der Waals surface area (Å²) >= 11 is 0. The molecule has 2 rings (SSSR count). The fraction of sp³-hybridized carbons (Fsp3) is 0.294. The van der Waals surface area contributed by atoms with E-state index in [1.54, 1.807) is 18.3 Å². The summed E-state index contributed by atoms with van der Waals surface area (Å²) in [6, 6.07) is 11.3. The third kappa shape index (κ3) is 7.64. The van der Waals surface area contributed by atoms with Gasteiger partial charge >= 0.3 is 0 Å². The Morgan fingerprint density at radius 3 is 2.42 bits per heavy atom. The second-order valence-corrected chi connectivity index (χ2v) is 5.06. The third-order valence-corrected chi connectivity index (χ3v) is 3.09. The molecule has 2 aromatic rings. The van der Waals surface area contributed by atoms with Gasteiger partial charge in [-0.3, -0.25) is 4.79 Å². The molecule has 1 aromatic carbocycles. The molecule has 0 saturated carbocycles. The first-order valence-corrected chi connectivity index (χ1v) is 7.32. The molecule has 1 aromatic heterocycles. The predicted octanol–water partition coefficient (Wildman–Crippen LogP) is 3.96. The van der Waals surface area contributed by atoms with Gasteiger partial charge in [0.25, 0.3) is 0 Å². The summed E-state index contributed by atoms with van der Waals surface area (Å²) in [4.78, 5) is 15.9. The molecular formula is C17H23Cl2N3O2. The Morgan fingerprint density at radius 2 is 1.83 bits per heavy atom. The second-order valence-electron chi connectivity index (χ2n) is 5.06. The van der Waals surface area contributed by atoms with E-state index < -0.39 is 0 Å². The predicted molar refractivity (Wildman–Crippen MR) is 102 cm³/mol. The van der Waals surface area contributed by atoms with Crippen LogP contribution in [-0.2, 0) is 4.79 Å². The maximum absolute atomic E-state index is 11.7. The van der Waals surface area contributed by atoms with Crippen molar-refractivity contribution in [3.63, 3.8) is 0 Å². The minimum atomic E-state index is -0.00995. The van der Waals surface area contributed by atoms with Crippen molar-refractivity contribution in [2.75, 3.05) is 18.9 Å². The van der Waals surface area contributed by atoms with Crippen LogP contribution in [0.15, 0.2) is 42.6 Å². The van der Waals surface area contributed by atoms with Gasteiger partial charge in [-0.2, -0.15) is 0 Å². The van der Waals surface area contributed by atoms with Crippen molar-refractivity contribution in [2.45, 2.75) is 19.8 Å². The minimum Gasteiger partial charge on any atom is -0.439 e. The molecule has 1 amide bonds. The Morgan fingerprint density at radius 1 is 1.12 bits per heavy atom. The first-order valence-electron chi connectivity index (χ1n) is 7.32. The van der Waals surface area contributed by atoms with E-state index in [0.29, 0.717) is 18.0 Å². The lowest BCUT2D eigenvalue weighted by Crippen LogP contribution is -2.15. The van der Waals surface area contributed by atoms with E-state index in [1.807, 2.05) is 38.2 Å². The summed E-state index contributed by atoms with van der Waals surface area (Å²) in [6.07, 6.45) is 2.90. The van der Waals surface area contributed by atoms with Crippen LogP contribution in [0.5, 0.6) is 11.6 Å². The smallest absolute Gasteiger partial charge is 0.224 e. The Kier molecular flexibility index (Phi) is 10.8. The molecule has 0 saturated heterocycles. The molecule has 2 N–H and O–H groups in total. The number of anilines is 1. The highest BCUT2D eigenvalue weighted by molar-refractivity contribution is 5.90. The van der Waals surface area contributed by atoms with Gasteiger partial charge in [0, 0.05) is 12.5 Å². The molecule has 0 unspecified atom stereocenters. The number of nitrogens with one attached hydrogen (secondary N) is 2. The summed E-state index contributed by atoms with van der Waals surface area (Å²) in [5.74, 6) is 1.23. The van der Waals surface area contributed by atoms with Gasteiger partial charge in [-0.25, -0.2) is 4.98 Å². The zero-order chi connectivity index (χ0) is 15.8. The van der Waals surface area contributed by atoms with Crippen LogP contribution >= 0.6 is 24.8 Å². The van der Waals surface area contributed by atoms with Crippen LogP contribution in [0.3, 0.4) is 0 Å². The van der Waals surface area contributed by atoms with Crippen LogP contribution in [-0.4, -0.2) is 24.5 Å². The lowest BCUT2D eigenvalue weighted by atomic mass is 10.2. The Labute approximate surface area is 155 Å². The van der Waals surface area contributed by atoms with Crippen molar-refractivity contribution < 1.29 is 9.53 Å². The van der Waals surface area contributed by atoms with Crippen molar-refractivity contribution >= 4 is 36.4 Å². The molecule has 5 nitrogen and oxygen atoms in total. The Hall–Kier alpha value is -1.82. The van der Waals surface area contributed by atoms with E-state index in [2.05, 4.69) is 15.6 Å². The lowest BCUT2D eigenvalue weighted by Gasteiger charge is -2.07. The summed E-state index contributed by atoms with van der Waals surface area (Å²) in [6.45, 7) is 2.85. The molecule has 132 valence electrons. The highest BCUT2D eigenvalue weighted by atomic mass is 35.5. The molecule has 1 heterocycles. The summed E-state index contributed by atoms with van der Waals surface area (Å²) in [7, 11) is 1.87. The highest BCUT2D eigenvalue weighted by Crippen LogP contribution is 2.20. The molecular weight excluding hydrogens is 349 g/mol. The van der Waals surface area contributed by atoms with Crippen molar-refractivity contribution in [1.82, 2.24) is 10.3 Å². The normalized spacial score (nSPS) is 9.42. The maximum Gasteiger partial charge on any atom is 0.224 e. The van der Waals surface area contributed by atoms with Crippen LogP contribution in [0.25, 0.3) is 0 Å². The van der Waals surface area contributed by atoms with Crippen molar-refractivity contribution in [1.29, 1.82) is 0 Å². The number of amides is 1. The number of ether oxygens (including phenoxy) is 1. The van der Waals surface area contributed by atoms with Gasteiger partial charge in [-0.05, 0) is 45.1 Å². The molecule has 0 aliphatic rings. The number of carbonyl (C=O) groups excluding carboxylic acids is 1. The van der Waals surface area contributed by atoms with Crippen molar-refractivity contribution in [3.8, 4) is 11.6 Å². The van der Waals surface area contributed by atoms with Gasteiger partial charge in [-0.15, -0.1) is 24.8 Å². The Bertz CT molecular complexity index is 604. The summed E-state index contributed by atoms with van der Waals surface area (Å²) < 4.78 is 5.64. The van der Waals surface area contributed by atoms with E-state index in [9.17, 15) is 4.79 Å². The van der Waals surface area contributed by atoms with Crippen molar-refractivity contribution in [3.05, 3.63) is 48.2 Å². The monoisotopic (exact) mass is 371 g/mol. The van der Waals surface area contributed by atoms with E-state index in [1.165, 1.54) is 5.56 Å². The molecule has 0 aliphatic carbocycles.